The molecular formula is C14H16Cl2O. The lowest BCUT2D eigenvalue weighted by atomic mass is 9.89. The van der Waals surface area contributed by atoms with Gasteiger partial charge in [-0.25, -0.2) is 0 Å². The third kappa shape index (κ3) is 3.31. The zero-order valence-corrected chi connectivity index (χ0v) is 12.0. The molecule has 0 fully saturated rings. The molecule has 0 aliphatic rings. The van der Waals surface area contributed by atoms with Gasteiger partial charge in [-0.2, -0.15) is 0 Å². The van der Waals surface area contributed by atoms with Crippen LogP contribution in [0.3, 0.4) is 0 Å². The van der Waals surface area contributed by atoms with Crippen LogP contribution in [0.15, 0.2) is 12.1 Å². The van der Waals surface area contributed by atoms with Crippen molar-refractivity contribution in [2.45, 2.75) is 26.7 Å². The molecule has 17 heavy (non-hydrogen) atoms. The fraction of sp³-hybridized carbons (Fsp3) is 0.429. The Bertz CT molecular complexity index is 434. The van der Waals surface area contributed by atoms with Crippen molar-refractivity contribution in [2.24, 2.45) is 5.92 Å². The first-order valence-corrected chi connectivity index (χ1v) is 6.22. The second-order valence-electron chi connectivity index (χ2n) is 3.99. The Morgan fingerprint density at radius 3 is 2.12 bits per heavy atom. The fourth-order valence-electron chi connectivity index (χ4n) is 1.68. The Kier molecular flexibility index (Phi) is 5.18. The minimum Gasteiger partial charge on any atom is -0.494 e. The second-order valence-corrected chi connectivity index (χ2v) is 4.80. The van der Waals surface area contributed by atoms with E-state index in [0.29, 0.717) is 15.8 Å². The summed E-state index contributed by atoms with van der Waals surface area (Å²) in [5.74, 6) is 7.14. The molecule has 0 saturated carbocycles. The topological polar surface area (TPSA) is 9.23 Å². The maximum atomic E-state index is 6.12. The van der Waals surface area contributed by atoms with Gasteiger partial charge in [0.1, 0.15) is 0 Å². The van der Waals surface area contributed by atoms with Crippen LogP contribution in [0, 0.1) is 17.8 Å². The first-order valence-electron chi connectivity index (χ1n) is 5.46. The summed E-state index contributed by atoms with van der Waals surface area (Å²) in [6.45, 7) is 6.05. The van der Waals surface area contributed by atoms with E-state index in [1.54, 1.807) is 7.11 Å². The summed E-state index contributed by atoms with van der Waals surface area (Å²) in [6, 6.07) is 3.79. The van der Waals surface area contributed by atoms with E-state index in [0.717, 1.165) is 5.56 Å². The maximum Gasteiger partial charge on any atom is 0.156 e. The van der Waals surface area contributed by atoms with Gasteiger partial charge in [0.05, 0.1) is 17.2 Å². The summed E-state index contributed by atoms with van der Waals surface area (Å²) in [6.07, 6.45) is 0. The molecule has 1 rings (SSSR count). The Morgan fingerprint density at radius 2 is 1.71 bits per heavy atom. The lowest BCUT2D eigenvalue weighted by molar-refractivity contribution is 0.415. The van der Waals surface area contributed by atoms with E-state index in [9.17, 15) is 0 Å². The number of methoxy groups -OCH3 is 1. The van der Waals surface area contributed by atoms with Gasteiger partial charge in [0.15, 0.2) is 5.75 Å². The second kappa shape index (κ2) is 6.19. The Labute approximate surface area is 113 Å². The molecule has 0 aromatic heterocycles. The van der Waals surface area contributed by atoms with Crippen LogP contribution >= 0.6 is 23.2 Å². The predicted octanol–water partition coefficient (Wildman–Crippen LogP) is 4.76. The molecule has 2 atom stereocenters. The summed E-state index contributed by atoms with van der Waals surface area (Å²) < 4.78 is 5.13. The number of benzene rings is 1. The van der Waals surface area contributed by atoms with Crippen molar-refractivity contribution in [3.63, 3.8) is 0 Å². The number of ether oxygens (including phenoxy) is 1. The van der Waals surface area contributed by atoms with Crippen molar-refractivity contribution in [2.75, 3.05) is 7.11 Å². The largest absolute Gasteiger partial charge is 0.494 e. The van der Waals surface area contributed by atoms with E-state index in [4.69, 9.17) is 27.9 Å². The van der Waals surface area contributed by atoms with Crippen molar-refractivity contribution in [3.8, 4) is 17.6 Å². The van der Waals surface area contributed by atoms with E-state index in [1.807, 2.05) is 19.1 Å². The van der Waals surface area contributed by atoms with Gasteiger partial charge in [-0.15, -0.1) is 5.92 Å². The van der Waals surface area contributed by atoms with Gasteiger partial charge >= 0.3 is 0 Å². The quantitative estimate of drug-likeness (QED) is 0.720. The molecule has 0 aliphatic heterocycles. The molecule has 0 bridgehead atoms. The van der Waals surface area contributed by atoms with E-state index in [1.165, 1.54) is 0 Å². The maximum absolute atomic E-state index is 6.12. The zero-order valence-electron chi connectivity index (χ0n) is 10.5. The molecular weight excluding hydrogens is 255 g/mol. The number of hydrogen-bond acceptors (Lipinski definition) is 1. The first kappa shape index (κ1) is 14.2. The normalized spacial score (nSPS) is 13.5. The third-order valence-electron chi connectivity index (χ3n) is 2.87. The van der Waals surface area contributed by atoms with Gasteiger partial charge in [0.2, 0.25) is 0 Å². The van der Waals surface area contributed by atoms with Crippen LogP contribution in [0.25, 0.3) is 0 Å². The minimum atomic E-state index is 0.264. The molecule has 1 aromatic rings. The average Bonchev–Trinajstić information content (AvgIpc) is 2.27. The molecule has 0 spiro atoms. The van der Waals surface area contributed by atoms with Gasteiger partial charge in [0, 0.05) is 5.92 Å². The van der Waals surface area contributed by atoms with Gasteiger partial charge in [-0.05, 0) is 30.5 Å². The van der Waals surface area contributed by atoms with Crippen molar-refractivity contribution in [1.29, 1.82) is 0 Å². The highest BCUT2D eigenvalue weighted by Crippen LogP contribution is 2.37. The van der Waals surface area contributed by atoms with Crippen LogP contribution in [0.2, 0.25) is 10.0 Å². The summed E-state index contributed by atoms with van der Waals surface area (Å²) in [5.41, 5.74) is 1.08. The smallest absolute Gasteiger partial charge is 0.156 e. The van der Waals surface area contributed by atoms with Crippen molar-refractivity contribution in [3.05, 3.63) is 27.7 Å². The highest BCUT2D eigenvalue weighted by atomic mass is 35.5. The van der Waals surface area contributed by atoms with Crippen LogP contribution in [0.4, 0.5) is 0 Å². The van der Waals surface area contributed by atoms with Crippen LogP contribution in [0.5, 0.6) is 5.75 Å². The Morgan fingerprint density at radius 1 is 1.18 bits per heavy atom. The van der Waals surface area contributed by atoms with E-state index in [-0.39, 0.29) is 11.8 Å². The van der Waals surface area contributed by atoms with E-state index in [2.05, 4.69) is 25.7 Å². The summed E-state index contributed by atoms with van der Waals surface area (Å²) in [7, 11) is 1.56. The summed E-state index contributed by atoms with van der Waals surface area (Å²) in [4.78, 5) is 0. The molecule has 0 amide bonds. The summed E-state index contributed by atoms with van der Waals surface area (Å²) in [5, 5.41) is 1.08. The molecule has 0 saturated heterocycles. The molecule has 2 unspecified atom stereocenters. The Hall–Kier alpha value is -0.840. The fourth-order valence-corrected chi connectivity index (χ4v) is 2.34. The zero-order chi connectivity index (χ0) is 13.0. The third-order valence-corrected chi connectivity index (χ3v) is 3.43. The van der Waals surface area contributed by atoms with E-state index >= 15 is 0 Å². The molecule has 3 heteroatoms. The number of rotatable bonds is 3. The van der Waals surface area contributed by atoms with E-state index < -0.39 is 0 Å². The molecule has 92 valence electrons. The molecule has 1 aromatic carbocycles. The lowest BCUT2D eigenvalue weighted by Gasteiger charge is -2.17. The number of halogens is 2. The SMILES string of the molecule is CC#CC(C)C(C)c1cc(Cl)c(OC)c(Cl)c1. The highest BCUT2D eigenvalue weighted by Gasteiger charge is 2.16. The van der Waals surface area contributed by atoms with Gasteiger partial charge in [0.25, 0.3) is 0 Å². The number of hydrogen-bond donors (Lipinski definition) is 0. The monoisotopic (exact) mass is 270 g/mol. The van der Waals surface area contributed by atoms with Crippen LogP contribution in [-0.4, -0.2) is 7.11 Å². The molecule has 0 aliphatic carbocycles. The highest BCUT2D eigenvalue weighted by molar-refractivity contribution is 6.37. The van der Waals surface area contributed by atoms with Crippen molar-refractivity contribution < 1.29 is 4.74 Å². The molecule has 1 nitrogen and oxygen atoms in total. The first-order chi connectivity index (χ1) is 8.01. The van der Waals surface area contributed by atoms with Crippen LogP contribution in [0.1, 0.15) is 32.3 Å². The van der Waals surface area contributed by atoms with Crippen molar-refractivity contribution >= 4 is 23.2 Å². The predicted molar refractivity (Wildman–Crippen MR) is 74.0 cm³/mol. The standard InChI is InChI=1S/C14H16Cl2O/c1-5-6-9(2)10(3)11-7-12(15)14(17-4)13(16)8-11/h7-10H,1-4H3. The van der Waals surface area contributed by atoms with Crippen LogP contribution < -0.4 is 4.74 Å². The summed E-state index contributed by atoms with van der Waals surface area (Å²) >= 11 is 12.2. The van der Waals surface area contributed by atoms with Crippen molar-refractivity contribution in [1.82, 2.24) is 0 Å². The Balaban J connectivity index is 3.10. The van der Waals surface area contributed by atoms with Gasteiger partial charge in [-0.3, -0.25) is 0 Å². The average molecular weight is 271 g/mol. The lowest BCUT2D eigenvalue weighted by Crippen LogP contribution is -2.04. The van der Waals surface area contributed by atoms with Gasteiger partial charge < -0.3 is 4.74 Å². The molecule has 0 N–H and O–H groups in total. The minimum absolute atomic E-state index is 0.264. The molecule has 0 radical (unpaired) electrons. The molecule has 0 heterocycles. The van der Waals surface area contributed by atoms with Crippen LogP contribution in [-0.2, 0) is 0 Å². The van der Waals surface area contributed by atoms with Gasteiger partial charge in [-0.1, -0.05) is 43.0 Å².